The van der Waals surface area contributed by atoms with E-state index in [-0.39, 0.29) is 5.91 Å². The minimum atomic E-state index is -0.231. The zero-order valence-electron chi connectivity index (χ0n) is 20.0. The quantitative estimate of drug-likeness (QED) is 0.273. The molecule has 2 aromatic heterocycles. The van der Waals surface area contributed by atoms with Gasteiger partial charge in [-0.15, -0.1) is 0 Å². The molecular formula is C28H25N7O. The molecule has 0 bridgehead atoms. The summed E-state index contributed by atoms with van der Waals surface area (Å²) in [7, 11) is 1.72. The van der Waals surface area contributed by atoms with Crippen molar-refractivity contribution in [2.45, 2.75) is 13.3 Å². The average molecular weight is 476 g/mol. The summed E-state index contributed by atoms with van der Waals surface area (Å²) < 4.78 is 0. The lowest BCUT2D eigenvalue weighted by Gasteiger charge is -2.11. The van der Waals surface area contributed by atoms with E-state index in [0.29, 0.717) is 22.6 Å². The van der Waals surface area contributed by atoms with Crippen molar-refractivity contribution in [3.63, 3.8) is 0 Å². The molecule has 178 valence electrons. The highest BCUT2D eigenvalue weighted by atomic mass is 16.1. The number of carbonyl (C=O) groups is 1. The van der Waals surface area contributed by atoms with Gasteiger partial charge in [0.1, 0.15) is 5.82 Å². The SMILES string of the molecule is CC/C(=C\C=NC)Nc1ccc(NC(=O)c2ccc(Nc3ccnc4ccc(C#N)cc34)cc2)cn1. The van der Waals surface area contributed by atoms with E-state index in [0.717, 1.165) is 34.4 Å². The van der Waals surface area contributed by atoms with Gasteiger partial charge in [-0.2, -0.15) is 5.26 Å². The van der Waals surface area contributed by atoms with Crippen LogP contribution in [0.2, 0.25) is 0 Å². The number of rotatable bonds is 8. The highest BCUT2D eigenvalue weighted by Gasteiger charge is 2.08. The van der Waals surface area contributed by atoms with Crippen LogP contribution >= 0.6 is 0 Å². The molecule has 0 aliphatic carbocycles. The fraction of sp³-hybridized carbons (Fsp3) is 0.107. The van der Waals surface area contributed by atoms with Crippen molar-refractivity contribution >= 4 is 45.9 Å². The Morgan fingerprint density at radius 3 is 2.53 bits per heavy atom. The molecule has 0 aliphatic rings. The highest BCUT2D eigenvalue weighted by molar-refractivity contribution is 6.04. The molecule has 0 saturated heterocycles. The van der Waals surface area contributed by atoms with Crippen LogP contribution in [0.4, 0.5) is 22.9 Å². The Labute approximate surface area is 209 Å². The van der Waals surface area contributed by atoms with E-state index >= 15 is 0 Å². The van der Waals surface area contributed by atoms with Crippen molar-refractivity contribution in [1.29, 1.82) is 5.26 Å². The van der Waals surface area contributed by atoms with E-state index in [9.17, 15) is 10.1 Å². The van der Waals surface area contributed by atoms with E-state index < -0.39 is 0 Å². The zero-order chi connectivity index (χ0) is 25.3. The van der Waals surface area contributed by atoms with Crippen molar-refractivity contribution in [3.05, 3.63) is 96.0 Å². The monoisotopic (exact) mass is 475 g/mol. The van der Waals surface area contributed by atoms with Crippen LogP contribution in [-0.2, 0) is 0 Å². The maximum absolute atomic E-state index is 12.7. The molecular weight excluding hydrogens is 450 g/mol. The number of hydrogen-bond donors (Lipinski definition) is 3. The Kier molecular flexibility index (Phi) is 7.63. The lowest BCUT2D eigenvalue weighted by Crippen LogP contribution is -2.12. The van der Waals surface area contributed by atoms with Crippen molar-refractivity contribution in [1.82, 2.24) is 9.97 Å². The third-order valence-corrected chi connectivity index (χ3v) is 5.41. The second kappa shape index (κ2) is 11.4. The number of nitrogens with zero attached hydrogens (tertiary/aromatic N) is 4. The normalized spacial score (nSPS) is 11.3. The van der Waals surface area contributed by atoms with Crippen LogP contribution in [0.15, 0.2) is 89.8 Å². The molecule has 0 fully saturated rings. The molecule has 8 nitrogen and oxygen atoms in total. The smallest absolute Gasteiger partial charge is 0.255 e. The van der Waals surface area contributed by atoms with E-state index in [1.54, 1.807) is 56.0 Å². The molecule has 2 aromatic carbocycles. The van der Waals surface area contributed by atoms with Crippen LogP contribution in [0.3, 0.4) is 0 Å². The van der Waals surface area contributed by atoms with Crippen LogP contribution in [-0.4, -0.2) is 29.1 Å². The molecule has 0 radical (unpaired) electrons. The first-order chi connectivity index (χ1) is 17.6. The third kappa shape index (κ3) is 5.90. The Balaban J connectivity index is 1.41. The molecule has 4 rings (SSSR count). The van der Waals surface area contributed by atoms with Gasteiger partial charge in [-0.05, 0) is 73.2 Å². The van der Waals surface area contributed by atoms with Gasteiger partial charge in [-0.25, -0.2) is 4.98 Å². The molecule has 3 N–H and O–H groups in total. The van der Waals surface area contributed by atoms with Crippen molar-refractivity contribution in [3.8, 4) is 6.07 Å². The maximum atomic E-state index is 12.7. The van der Waals surface area contributed by atoms with Crippen LogP contribution in [0.25, 0.3) is 10.9 Å². The van der Waals surface area contributed by atoms with Gasteiger partial charge in [-0.1, -0.05) is 6.92 Å². The van der Waals surface area contributed by atoms with Crippen LogP contribution in [0.5, 0.6) is 0 Å². The molecule has 0 spiro atoms. The predicted octanol–water partition coefficient (Wildman–Crippen LogP) is 5.90. The minimum Gasteiger partial charge on any atom is -0.355 e. The number of nitriles is 1. The van der Waals surface area contributed by atoms with E-state index in [1.807, 2.05) is 43.3 Å². The number of carbonyl (C=O) groups excluding carboxylic acids is 1. The van der Waals surface area contributed by atoms with Crippen LogP contribution in [0.1, 0.15) is 29.3 Å². The first-order valence-corrected chi connectivity index (χ1v) is 11.4. The first-order valence-electron chi connectivity index (χ1n) is 11.4. The van der Waals surface area contributed by atoms with E-state index in [4.69, 9.17) is 0 Å². The number of hydrogen-bond acceptors (Lipinski definition) is 7. The molecule has 0 unspecified atom stereocenters. The Bertz CT molecular complexity index is 1470. The van der Waals surface area contributed by atoms with Crippen LogP contribution < -0.4 is 16.0 Å². The fourth-order valence-electron chi connectivity index (χ4n) is 3.51. The maximum Gasteiger partial charge on any atom is 0.255 e. The number of pyridine rings is 2. The zero-order valence-corrected chi connectivity index (χ0v) is 20.0. The standard InChI is InChI=1S/C28H25N7O/c1-3-21(12-14-30-2)34-27-11-9-23(18-32-27)35-28(36)20-5-7-22(8-6-20)33-26-13-15-31-25-10-4-19(17-29)16-24(25)26/h4-16,18H,3H2,1-2H3,(H,31,33)(H,32,34)(H,35,36)/b21-12+,30-14?. The van der Waals surface area contributed by atoms with Crippen molar-refractivity contribution in [2.24, 2.45) is 4.99 Å². The lowest BCUT2D eigenvalue weighted by molar-refractivity contribution is 0.102. The largest absolute Gasteiger partial charge is 0.355 e. The molecule has 0 saturated carbocycles. The summed E-state index contributed by atoms with van der Waals surface area (Å²) in [6.07, 6.45) is 7.77. The number of aliphatic imine (C=N–C) groups is 1. The number of fused-ring (bicyclic) bond motifs is 1. The van der Waals surface area contributed by atoms with Gasteiger partial charge >= 0.3 is 0 Å². The number of nitrogens with one attached hydrogen (secondary N) is 3. The van der Waals surface area contributed by atoms with Crippen molar-refractivity contribution in [2.75, 3.05) is 23.0 Å². The van der Waals surface area contributed by atoms with Crippen molar-refractivity contribution < 1.29 is 4.79 Å². The van der Waals surface area contributed by atoms with Gasteiger partial charge < -0.3 is 16.0 Å². The summed E-state index contributed by atoms with van der Waals surface area (Å²) in [6.45, 7) is 2.04. The number of aromatic nitrogens is 2. The first kappa shape index (κ1) is 24.1. The predicted molar refractivity (Wildman–Crippen MR) is 145 cm³/mol. The molecule has 0 atom stereocenters. The second-order valence-corrected chi connectivity index (χ2v) is 7.87. The lowest BCUT2D eigenvalue weighted by atomic mass is 10.1. The average Bonchev–Trinajstić information content (AvgIpc) is 2.92. The van der Waals surface area contributed by atoms with Gasteiger partial charge in [0.15, 0.2) is 0 Å². The molecule has 1 amide bonds. The summed E-state index contributed by atoms with van der Waals surface area (Å²) >= 11 is 0. The highest BCUT2D eigenvalue weighted by Crippen LogP contribution is 2.26. The molecule has 8 heteroatoms. The van der Waals surface area contributed by atoms with E-state index in [1.165, 1.54) is 0 Å². The molecule has 2 heterocycles. The Hall–Kier alpha value is -5.03. The van der Waals surface area contributed by atoms with Crippen LogP contribution in [0, 0.1) is 11.3 Å². The summed E-state index contributed by atoms with van der Waals surface area (Å²) in [5.74, 6) is 0.455. The molecule has 36 heavy (non-hydrogen) atoms. The topological polar surface area (TPSA) is 115 Å². The molecule has 0 aliphatic heterocycles. The summed E-state index contributed by atoms with van der Waals surface area (Å²) in [5.41, 5.74) is 5.11. The van der Waals surface area contributed by atoms with E-state index in [2.05, 4.69) is 37.0 Å². The summed E-state index contributed by atoms with van der Waals surface area (Å²) in [4.78, 5) is 25.4. The summed E-state index contributed by atoms with van der Waals surface area (Å²) in [5, 5.41) is 19.5. The number of amides is 1. The number of allylic oxidation sites excluding steroid dienone is 2. The fourth-order valence-corrected chi connectivity index (χ4v) is 3.51. The van der Waals surface area contributed by atoms with Gasteiger partial charge in [0.05, 0.1) is 29.0 Å². The Morgan fingerprint density at radius 1 is 1.03 bits per heavy atom. The van der Waals surface area contributed by atoms with Gasteiger partial charge in [0, 0.05) is 47.5 Å². The van der Waals surface area contributed by atoms with Gasteiger partial charge in [0.25, 0.3) is 5.91 Å². The Morgan fingerprint density at radius 2 is 1.83 bits per heavy atom. The number of anilines is 4. The van der Waals surface area contributed by atoms with Gasteiger partial charge in [0.2, 0.25) is 0 Å². The minimum absolute atomic E-state index is 0.231. The summed E-state index contributed by atoms with van der Waals surface area (Å²) in [6, 6.07) is 20.2. The second-order valence-electron chi connectivity index (χ2n) is 7.87. The third-order valence-electron chi connectivity index (χ3n) is 5.41. The number of benzene rings is 2. The van der Waals surface area contributed by atoms with Gasteiger partial charge in [-0.3, -0.25) is 14.8 Å². The molecule has 4 aromatic rings.